The predicted molar refractivity (Wildman–Crippen MR) is 129 cm³/mol. The van der Waals surface area contributed by atoms with Gasteiger partial charge in [0.25, 0.3) is 10.0 Å². The number of sulfonamides is 1. The van der Waals surface area contributed by atoms with Crippen molar-refractivity contribution in [2.75, 3.05) is 25.1 Å². The van der Waals surface area contributed by atoms with Crippen molar-refractivity contribution >= 4 is 33.2 Å². The van der Waals surface area contributed by atoms with E-state index in [0.717, 1.165) is 15.4 Å². The van der Waals surface area contributed by atoms with Crippen LogP contribution in [0.5, 0.6) is 11.5 Å². The molecule has 9 heteroatoms. The van der Waals surface area contributed by atoms with E-state index in [1.54, 1.807) is 50.4 Å². The minimum atomic E-state index is -4.01. The van der Waals surface area contributed by atoms with E-state index in [9.17, 15) is 13.2 Å². The van der Waals surface area contributed by atoms with Crippen molar-refractivity contribution in [3.8, 4) is 11.5 Å². The topological polar surface area (TPSA) is 84.9 Å². The zero-order valence-corrected chi connectivity index (χ0v) is 20.1. The Morgan fingerprint density at radius 2 is 1.64 bits per heavy atom. The number of carbonyl (C=O) groups excluding carboxylic acids is 1. The smallest absolute Gasteiger partial charge is 0.264 e. The third kappa shape index (κ3) is 5.77. The van der Waals surface area contributed by atoms with E-state index in [0.29, 0.717) is 22.2 Å². The van der Waals surface area contributed by atoms with Gasteiger partial charge in [-0.05, 0) is 60.5 Å². The third-order valence-electron chi connectivity index (χ3n) is 5.01. The standard InChI is InChI=1S/C24H25ClN2O5S/c1-17-6-4-5-7-21(17)27(33(29,30)20-11-9-19(25)10-12-20)16-24(28)26-15-18-8-13-22(31-2)23(14-18)32-3/h4-14H,15-16H2,1-3H3,(H,26,28). The van der Waals surface area contributed by atoms with Crippen LogP contribution >= 0.6 is 11.6 Å². The second-order valence-corrected chi connectivity index (χ2v) is 9.52. The Labute approximate surface area is 198 Å². The molecule has 0 saturated heterocycles. The molecule has 0 spiro atoms. The van der Waals surface area contributed by atoms with E-state index in [1.165, 1.54) is 31.4 Å². The van der Waals surface area contributed by atoms with E-state index < -0.39 is 15.9 Å². The average Bonchev–Trinajstić information content (AvgIpc) is 2.81. The van der Waals surface area contributed by atoms with Gasteiger partial charge in [-0.25, -0.2) is 8.42 Å². The SMILES string of the molecule is COc1ccc(CNC(=O)CN(c2ccccc2C)S(=O)(=O)c2ccc(Cl)cc2)cc1OC. The average molecular weight is 489 g/mol. The van der Waals surface area contributed by atoms with Crippen molar-refractivity contribution in [3.63, 3.8) is 0 Å². The summed E-state index contributed by atoms with van der Waals surface area (Å²) >= 11 is 5.92. The Bertz CT molecular complexity index is 1230. The maximum absolute atomic E-state index is 13.4. The van der Waals surface area contributed by atoms with Crippen LogP contribution < -0.4 is 19.1 Å². The van der Waals surface area contributed by atoms with Crippen LogP contribution in [0.4, 0.5) is 5.69 Å². The lowest BCUT2D eigenvalue weighted by molar-refractivity contribution is -0.119. The highest BCUT2D eigenvalue weighted by atomic mass is 35.5. The van der Waals surface area contributed by atoms with Crippen LogP contribution in [0, 0.1) is 6.92 Å². The summed E-state index contributed by atoms with van der Waals surface area (Å²) in [5.41, 5.74) is 1.93. The fraction of sp³-hybridized carbons (Fsp3) is 0.208. The predicted octanol–water partition coefficient (Wildman–Crippen LogP) is 4.18. The summed E-state index contributed by atoms with van der Waals surface area (Å²) in [6.07, 6.45) is 0. The van der Waals surface area contributed by atoms with Gasteiger partial charge >= 0.3 is 0 Å². The molecule has 174 valence electrons. The number of aryl methyl sites for hydroxylation is 1. The highest BCUT2D eigenvalue weighted by molar-refractivity contribution is 7.92. The second kappa shape index (κ2) is 10.6. The number of nitrogens with one attached hydrogen (secondary N) is 1. The summed E-state index contributed by atoms with van der Waals surface area (Å²) in [4.78, 5) is 12.9. The fourth-order valence-corrected chi connectivity index (χ4v) is 4.87. The number of ether oxygens (including phenoxy) is 2. The summed E-state index contributed by atoms with van der Waals surface area (Å²) in [6.45, 7) is 1.60. The Kier molecular flexibility index (Phi) is 7.84. The van der Waals surface area contributed by atoms with Crippen LogP contribution in [0.3, 0.4) is 0 Å². The van der Waals surface area contributed by atoms with Gasteiger partial charge in [-0.3, -0.25) is 9.10 Å². The molecule has 0 atom stereocenters. The molecule has 3 aromatic carbocycles. The second-order valence-electron chi connectivity index (χ2n) is 7.22. The molecule has 0 aromatic heterocycles. The quantitative estimate of drug-likeness (QED) is 0.488. The third-order valence-corrected chi connectivity index (χ3v) is 7.04. The first-order valence-electron chi connectivity index (χ1n) is 10.1. The fourth-order valence-electron chi connectivity index (χ4n) is 3.25. The molecule has 3 aromatic rings. The van der Waals surface area contributed by atoms with Crippen molar-refractivity contribution in [3.05, 3.63) is 82.9 Å². The van der Waals surface area contributed by atoms with Crippen molar-refractivity contribution < 1.29 is 22.7 Å². The molecule has 0 radical (unpaired) electrons. The first kappa shape index (κ1) is 24.4. The van der Waals surface area contributed by atoms with Crippen LogP contribution in [-0.4, -0.2) is 35.1 Å². The Morgan fingerprint density at radius 1 is 0.970 bits per heavy atom. The summed E-state index contributed by atoms with van der Waals surface area (Å²) in [5, 5.41) is 3.20. The lowest BCUT2D eigenvalue weighted by atomic mass is 10.2. The number of hydrogen-bond acceptors (Lipinski definition) is 5. The molecule has 1 amide bonds. The molecule has 0 heterocycles. The number of para-hydroxylation sites is 1. The van der Waals surface area contributed by atoms with Crippen LogP contribution in [0.2, 0.25) is 5.02 Å². The van der Waals surface area contributed by atoms with Crippen molar-refractivity contribution in [1.29, 1.82) is 0 Å². The van der Waals surface area contributed by atoms with Gasteiger partial charge in [-0.15, -0.1) is 0 Å². The molecular weight excluding hydrogens is 464 g/mol. The number of nitrogens with zero attached hydrogens (tertiary/aromatic N) is 1. The highest BCUT2D eigenvalue weighted by Gasteiger charge is 2.28. The number of anilines is 1. The molecule has 0 aliphatic heterocycles. The molecule has 0 saturated carbocycles. The molecule has 0 fully saturated rings. The Morgan fingerprint density at radius 3 is 2.27 bits per heavy atom. The zero-order chi connectivity index (χ0) is 24.0. The molecule has 0 unspecified atom stereocenters. The maximum atomic E-state index is 13.4. The van der Waals surface area contributed by atoms with Crippen LogP contribution in [0.1, 0.15) is 11.1 Å². The molecule has 33 heavy (non-hydrogen) atoms. The lowest BCUT2D eigenvalue weighted by Crippen LogP contribution is -2.41. The number of carbonyl (C=O) groups is 1. The van der Waals surface area contributed by atoms with Crippen LogP contribution in [-0.2, 0) is 21.4 Å². The molecule has 3 rings (SSSR count). The molecule has 0 bridgehead atoms. The number of halogens is 1. The van der Waals surface area contributed by atoms with Crippen molar-refractivity contribution in [1.82, 2.24) is 5.32 Å². The van der Waals surface area contributed by atoms with E-state index in [1.807, 2.05) is 6.07 Å². The largest absolute Gasteiger partial charge is 0.493 e. The van der Waals surface area contributed by atoms with Gasteiger partial charge in [-0.2, -0.15) is 0 Å². The van der Waals surface area contributed by atoms with Gasteiger partial charge in [0.1, 0.15) is 6.54 Å². The van der Waals surface area contributed by atoms with Gasteiger partial charge in [0.05, 0.1) is 24.8 Å². The molecule has 0 aliphatic rings. The number of amides is 1. The minimum Gasteiger partial charge on any atom is -0.493 e. The number of benzene rings is 3. The Hall–Kier alpha value is -3.23. The van der Waals surface area contributed by atoms with Gasteiger partial charge in [0.15, 0.2) is 11.5 Å². The van der Waals surface area contributed by atoms with Gasteiger partial charge in [0, 0.05) is 11.6 Å². The van der Waals surface area contributed by atoms with E-state index in [4.69, 9.17) is 21.1 Å². The molecule has 1 N–H and O–H groups in total. The maximum Gasteiger partial charge on any atom is 0.264 e. The normalized spacial score (nSPS) is 11.0. The number of methoxy groups -OCH3 is 2. The number of rotatable bonds is 9. The molecule has 0 aliphatic carbocycles. The first-order valence-corrected chi connectivity index (χ1v) is 11.9. The summed E-state index contributed by atoms with van der Waals surface area (Å²) in [5.74, 6) is 0.661. The number of hydrogen-bond donors (Lipinski definition) is 1. The summed E-state index contributed by atoms with van der Waals surface area (Å²) in [6, 6.07) is 18.1. The van der Waals surface area contributed by atoms with Crippen molar-refractivity contribution in [2.24, 2.45) is 0 Å². The van der Waals surface area contributed by atoms with Gasteiger partial charge in [0.2, 0.25) is 5.91 Å². The summed E-state index contributed by atoms with van der Waals surface area (Å²) < 4.78 is 38.5. The van der Waals surface area contributed by atoms with E-state index >= 15 is 0 Å². The molecule has 7 nitrogen and oxygen atoms in total. The van der Waals surface area contributed by atoms with E-state index in [-0.39, 0.29) is 18.0 Å². The highest BCUT2D eigenvalue weighted by Crippen LogP contribution is 2.28. The van der Waals surface area contributed by atoms with Crippen LogP contribution in [0.15, 0.2) is 71.6 Å². The lowest BCUT2D eigenvalue weighted by Gasteiger charge is -2.25. The van der Waals surface area contributed by atoms with Crippen molar-refractivity contribution in [2.45, 2.75) is 18.4 Å². The van der Waals surface area contributed by atoms with Gasteiger partial charge in [-0.1, -0.05) is 35.9 Å². The van der Waals surface area contributed by atoms with E-state index in [2.05, 4.69) is 5.32 Å². The minimum absolute atomic E-state index is 0.0443. The summed E-state index contributed by atoms with van der Waals surface area (Å²) in [7, 11) is -0.942. The first-order chi connectivity index (χ1) is 15.8. The van der Waals surface area contributed by atoms with Gasteiger partial charge < -0.3 is 14.8 Å². The Balaban J connectivity index is 1.84. The van der Waals surface area contributed by atoms with Crippen LogP contribution in [0.25, 0.3) is 0 Å². The zero-order valence-electron chi connectivity index (χ0n) is 18.5. The monoisotopic (exact) mass is 488 g/mol. The molecular formula is C24H25ClN2O5S.